The average molecular weight is 421 g/mol. The molecular weight excluding hydrogens is 399 g/mol. The zero-order valence-corrected chi connectivity index (χ0v) is 17.1. The second-order valence-electron chi connectivity index (χ2n) is 6.98. The minimum atomic E-state index is 0.371. The Morgan fingerprint density at radius 2 is 2.00 bits per heavy atom. The zero-order valence-electron chi connectivity index (χ0n) is 15.6. The second kappa shape index (κ2) is 8.61. The molecule has 7 nitrogen and oxygen atoms in total. The summed E-state index contributed by atoms with van der Waals surface area (Å²) in [5.74, 6) is 1.48. The summed E-state index contributed by atoms with van der Waals surface area (Å²) in [7, 11) is 1.66. The first kappa shape index (κ1) is 19.4. The topological polar surface area (TPSA) is 67.6 Å². The first-order valence-electron chi connectivity index (χ1n) is 9.24. The van der Waals surface area contributed by atoms with Gasteiger partial charge in [-0.05, 0) is 30.5 Å². The summed E-state index contributed by atoms with van der Waals surface area (Å²) in [6.07, 6.45) is 3.60. The molecule has 0 radical (unpaired) electrons. The van der Waals surface area contributed by atoms with Crippen molar-refractivity contribution in [3.8, 4) is 0 Å². The van der Waals surface area contributed by atoms with Crippen molar-refractivity contribution in [2.75, 3.05) is 25.5 Å². The Morgan fingerprint density at radius 3 is 2.75 bits per heavy atom. The van der Waals surface area contributed by atoms with Gasteiger partial charge in [-0.1, -0.05) is 29.3 Å². The molecule has 3 aromatic rings. The molecule has 148 valence electrons. The standard InChI is InChI=1S/C19H22Cl2N6O/c1-28-11-15-9-18(27-19(25-15)22-12-23-27)24-14-4-6-26(7-5-14)10-13-2-3-16(20)17(21)8-13/h2-3,8-9,12,14,24H,4-7,10-11H2,1H3. The molecule has 0 amide bonds. The third kappa shape index (κ3) is 4.38. The fourth-order valence-corrected chi connectivity index (χ4v) is 3.85. The van der Waals surface area contributed by atoms with E-state index >= 15 is 0 Å². The van der Waals surface area contributed by atoms with Crippen LogP contribution < -0.4 is 5.32 Å². The molecule has 28 heavy (non-hydrogen) atoms. The summed E-state index contributed by atoms with van der Waals surface area (Å²) in [4.78, 5) is 11.1. The highest BCUT2D eigenvalue weighted by atomic mass is 35.5. The van der Waals surface area contributed by atoms with Gasteiger partial charge in [-0.3, -0.25) is 4.90 Å². The number of hydrogen-bond donors (Lipinski definition) is 1. The number of halogens is 2. The van der Waals surface area contributed by atoms with Crippen LogP contribution in [0.1, 0.15) is 24.1 Å². The third-order valence-corrected chi connectivity index (χ3v) is 5.67. The lowest BCUT2D eigenvalue weighted by molar-refractivity contribution is 0.181. The second-order valence-corrected chi connectivity index (χ2v) is 7.80. The molecule has 4 rings (SSSR count). The van der Waals surface area contributed by atoms with E-state index in [4.69, 9.17) is 27.9 Å². The number of hydrogen-bond acceptors (Lipinski definition) is 6. The molecule has 3 heterocycles. The monoisotopic (exact) mass is 420 g/mol. The number of rotatable bonds is 6. The fourth-order valence-electron chi connectivity index (χ4n) is 3.53. The Bertz CT molecular complexity index is 955. The maximum atomic E-state index is 6.13. The van der Waals surface area contributed by atoms with Gasteiger partial charge >= 0.3 is 0 Å². The molecular formula is C19H22Cl2N6O. The molecule has 9 heteroatoms. The van der Waals surface area contributed by atoms with Crippen LogP contribution in [0.2, 0.25) is 10.0 Å². The van der Waals surface area contributed by atoms with Crippen molar-refractivity contribution in [2.24, 2.45) is 0 Å². The molecule has 1 aromatic carbocycles. The maximum absolute atomic E-state index is 6.13. The number of piperidine rings is 1. The molecule has 2 aromatic heterocycles. The Kier molecular flexibility index (Phi) is 5.96. The molecule has 0 saturated carbocycles. The van der Waals surface area contributed by atoms with Gasteiger partial charge < -0.3 is 10.1 Å². The van der Waals surface area contributed by atoms with Crippen molar-refractivity contribution < 1.29 is 4.74 Å². The number of benzene rings is 1. The van der Waals surface area contributed by atoms with E-state index in [0.717, 1.165) is 44.0 Å². The molecule has 1 saturated heterocycles. The van der Waals surface area contributed by atoms with Gasteiger partial charge in [0.2, 0.25) is 0 Å². The molecule has 0 bridgehead atoms. The van der Waals surface area contributed by atoms with Crippen LogP contribution in [0.25, 0.3) is 5.78 Å². The highest BCUT2D eigenvalue weighted by molar-refractivity contribution is 6.42. The van der Waals surface area contributed by atoms with Crippen molar-refractivity contribution in [3.05, 3.63) is 51.9 Å². The Hall–Kier alpha value is -1.93. The van der Waals surface area contributed by atoms with Gasteiger partial charge in [0.05, 0.1) is 22.3 Å². The van der Waals surface area contributed by atoms with Crippen molar-refractivity contribution in [1.82, 2.24) is 24.5 Å². The van der Waals surface area contributed by atoms with Crippen LogP contribution in [0.3, 0.4) is 0 Å². The molecule has 0 aliphatic carbocycles. The lowest BCUT2D eigenvalue weighted by Crippen LogP contribution is -2.39. The third-order valence-electron chi connectivity index (χ3n) is 4.93. The summed E-state index contributed by atoms with van der Waals surface area (Å²) in [5.41, 5.74) is 2.02. The zero-order chi connectivity index (χ0) is 19.5. The number of ether oxygens (including phenoxy) is 1. The molecule has 0 unspecified atom stereocenters. The number of nitrogens with one attached hydrogen (secondary N) is 1. The number of methoxy groups -OCH3 is 1. The number of nitrogens with zero attached hydrogens (tertiary/aromatic N) is 5. The van der Waals surface area contributed by atoms with E-state index in [1.807, 2.05) is 24.3 Å². The van der Waals surface area contributed by atoms with Crippen LogP contribution in [-0.2, 0) is 17.9 Å². The lowest BCUT2D eigenvalue weighted by Gasteiger charge is -2.33. The minimum absolute atomic E-state index is 0.371. The summed E-state index contributed by atoms with van der Waals surface area (Å²) >= 11 is 12.1. The summed E-state index contributed by atoms with van der Waals surface area (Å²) in [6.45, 7) is 3.34. The van der Waals surface area contributed by atoms with Gasteiger partial charge in [0.1, 0.15) is 12.1 Å². The van der Waals surface area contributed by atoms with E-state index in [0.29, 0.717) is 28.5 Å². The van der Waals surface area contributed by atoms with Gasteiger partial charge in [-0.25, -0.2) is 4.98 Å². The smallest absolute Gasteiger partial charge is 0.254 e. The van der Waals surface area contributed by atoms with E-state index in [9.17, 15) is 0 Å². The summed E-state index contributed by atoms with van der Waals surface area (Å²) in [6, 6.07) is 8.19. The quantitative estimate of drug-likeness (QED) is 0.656. The molecule has 0 spiro atoms. The molecule has 1 fully saturated rings. The molecule has 1 N–H and O–H groups in total. The van der Waals surface area contributed by atoms with Crippen molar-refractivity contribution in [2.45, 2.75) is 32.0 Å². The van der Waals surface area contributed by atoms with E-state index in [-0.39, 0.29) is 0 Å². The number of fused-ring (bicyclic) bond motifs is 1. The normalized spacial score (nSPS) is 16.0. The fraction of sp³-hybridized carbons (Fsp3) is 0.421. The van der Waals surface area contributed by atoms with Gasteiger partial charge in [0.15, 0.2) is 0 Å². The Balaban J connectivity index is 1.38. The van der Waals surface area contributed by atoms with E-state index in [2.05, 4.69) is 25.3 Å². The van der Waals surface area contributed by atoms with Crippen LogP contribution >= 0.6 is 23.2 Å². The molecule has 1 aliphatic heterocycles. The summed E-state index contributed by atoms with van der Waals surface area (Å²) in [5, 5.41) is 9.09. The SMILES string of the molecule is COCc1cc(NC2CCN(Cc3ccc(Cl)c(Cl)c3)CC2)n2ncnc2n1. The molecule has 1 aliphatic rings. The number of anilines is 1. The predicted octanol–water partition coefficient (Wildman–Crippen LogP) is 3.65. The van der Waals surface area contributed by atoms with Gasteiger partial charge in [-0.15, -0.1) is 0 Å². The Labute approximate surface area is 173 Å². The van der Waals surface area contributed by atoms with Gasteiger partial charge in [-0.2, -0.15) is 14.6 Å². The highest BCUT2D eigenvalue weighted by Crippen LogP contribution is 2.24. The minimum Gasteiger partial charge on any atom is -0.378 e. The van der Waals surface area contributed by atoms with E-state index in [1.54, 1.807) is 11.6 Å². The predicted molar refractivity (Wildman–Crippen MR) is 110 cm³/mol. The molecule has 0 atom stereocenters. The van der Waals surface area contributed by atoms with Crippen LogP contribution in [0.4, 0.5) is 5.82 Å². The lowest BCUT2D eigenvalue weighted by atomic mass is 10.0. The number of aromatic nitrogens is 4. The van der Waals surface area contributed by atoms with Crippen LogP contribution in [-0.4, -0.2) is 50.7 Å². The number of likely N-dealkylation sites (tertiary alicyclic amines) is 1. The highest BCUT2D eigenvalue weighted by Gasteiger charge is 2.21. The Morgan fingerprint density at radius 1 is 1.18 bits per heavy atom. The summed E-state index contributed by atoms with van der Waals surface area (Å²) < 4.78 is 6.95. The maximum Gasteiger partial charge on any atom is 0.254 e. The van der Waals surface area contributed by atoms with E-state index in [1.165, 1.54) is 11.9 Å². The van der Waals surface area contributed by atoms with Crippen LogP contribution in [0, 0.1) is 0 Å². The first-order valence-corrected chi connectivity index (χ1v) is 9.99. The van der Waals surface area contributed by atoms with Crippen molar-refractivity contribution in [1.29, 1.82) is 0 Å². The van der Waals surface area contributed by atoms with Crippen LogP contribution in [0.15, 0.2) is 30.6 Å². The van der Waals surface area contributed by atoms with Gasteiger partial charge in [0, 0.05) is 38.9 Å². The van der Waals surface area contributed by atoms with Crippen molar-refractivity contribution in [3.63, 3.8) is 0 Å². The van der Waals surface area contributed by atoms with Crippen LogP contribution in [0.5, 0.6) is 0 Å². The largest absolute Gasteiger partial charge is 0.378 e. The van der Waals surface area contributed by atoms with E-state index < -0.39 is 0 Å². The average Bonchev–Trinajstić information content (AvgIpc) is 3.15. The van der Waals surface area contributed by atoms with Gasteiger partial charge in [0.25, 0.3) is 5.78 Å². The first-order chi connectivity index (χ1) is 13.6. The van der Waals surface area contributed by atoms with Crippen molar-refractivity contribution >= 4 is 34.8 Å².